The highest BCUT2D eigenvalue weighted by atomic mass is 28.3. The van der Waals surface area contributed by atoms with Crippen LogP contribution in [0, 0.1) is 0 Å². The normalized spacial score (nSPS) is 11.2. The molecule has 1 rings (SSSR count). The molecule has 1 heterocycles. The topological polar surface area (TPSA) is 44.2 Å². The molecule has 0 aromatic carbocycles. The lowest BCUT2D eigenvalue weighted by molar-refractivity contribution is 0.353. The summed E-state index contributed by atoms with van der Waals surface area (Å²) >= 11 is 0. The van der Waals surface area contributed by atoms with Gasteiger partial charge >= 0.3 is 6.01 Å². The van der Waals surface area contributed by atoms with E-state index in [1.807, 2.05) is 6.07 Å². The third kappa shape index (κ3) is 2.44. The van der Waals surface area contributed by atoms with Crippen LogP contribution >= 0.6 is 0 Å². The highest BCUT2D eigenvalue weighted by molar-refractivity contribution is 6.88. The molecule has 78 valence electrons. The number of rotatable bonds is 3. The molecule has 0 spiro atoms. The van der Waals surface area contributed by atoms with E-state index >= 15 is 0 Å². The Bertz CT molecular complexity index is 301. The third-order valence-electron chi connectivity index (χ3n) is 1.84. The Morgan fingerprint density at radius 1 is 1.07 bits per heavy atom. The first-order valence-corrected chi connectivity index (χ1v) is 7.95. The van der Waals surface area contributed by atoms with Crippen molar-refractivity contribution < 1.29 is 9.47 Å². The molecular weight excluding hydrogens is 196 g/mol. The number of nitrogens with zero attached hydrogens (tertiary/aromatic N) is 2. The fourth-order valence-corrected chi connectivity index (χ4v) is 1.97. The van der Waals surface area contributed by atoms with Crippen LogP contribution in [-0.2, 0) is 0 Å². The van der Waals surface area contributed by atoms with E-state index in [2.05, 4.69) is 29.6 Å². The van der Waals surface area contributed by atoms with Crippen molar-refractivity contribution in [1.29, 1.82) is 0 Å². The molecule has 1 aromatic rings. The minimum absolute atomic E-state index is 0.377. The van der Waals surface area contributed by atoms with E-state index in [1.54, 1.807) is 14.2 Å². The molecule has 0 aliphatic heterocycles. The van der Waals surface area contributed by atoms with Crippen LogP contribution in [0.25, 0.3) is 0 Å². The van der Waals surface area contributed by atoms with Gasteiger partial charge in [-0.25, -0.2) is 4.98 Å². The zero-order valence-electron chi connectivity index (χ0n) is 9.29. The van der Waals surface area contributed by atoms with Crippen molar-refractivity contribution in [3.05, 3.63) is 6.07 Å². The average molecular weight is 212 g/mol. The van der Waals surface area contributed by atoms with E-state index < -0.39 is 8.07 Å². The van der Waals surface area contributed by atoms with Gasteiger partial charge in [-0.3, -0.25) is 0 Å². The average Bonchev–Trinajstić information content (AvgIpc) is 2.15. The first-order chi connectivity index (χ1) is 6.47. The van der Waals surface area contributed by atoms with Gasteiger partial charge in [0.2, 0.25) is 5.88 Å². The van der Waals surface area contributed by atoms with Gasteiger partial charge in [-0.1, -0.05) is 19.6 Å². The highest BCUT2D eigenvalue weighted by Gasteiger charge is 2.20. The van der Waals surface area contributed by atoms with Gasteiger partial charge in [-0.05, 0) is 0 Å². The lowest BCUT2D eigenvalue weighted by Crippen LogP contribution is -2.40. The largest absolute Gasteiger partial charge is 0.481 e. The van der Waals surface area contributed by atoms with Crippen molar-refractivity contribution in [2.75, 3.05) is 14.2 Å². The first kappa shape index (κ1) is 11.0. The van der Waals surface area contributed by atoms with Crippen molar-refractivity contribution in [2.24, 2.45) is 0 Å². The second kappa shape index (κ2) is 3.96. The lowest BCUT2D eigenvalue weighted by Gasteiger charge is -2.16. The molecule has 5 heteroatoms. The second-order valence-electron chi connectivity index (χ2n) is 4.03. The molecule has 0 unspecified atom stereocenters. The Balaban J connectivity index is 3.17. The van der Waals surface area contributed by atoms with Crippen molar-refractivity contribution >= 4 is 13.4 Å². The number of ether oxygens (including phenoxy) is 2. The molecule has 0 fully saturated rings. The Kier molecular flexibility index (Phi) is 3.10. The van der Waals surface area contributed by atoms with Gasteiger partial charge < -0.3 is 9.47 Å². The minimum atomic E-state index is -1.44. The van der Waals surface area contributed by atoms with Gasteiger partial charge in [0.25, 0.3) is 0 Å². The predicted molar refractivity (Wildman–Crippen MR) is 58.1 cm³/mol. The summed E-state index contributed by atoms with van der Waals surface area (Å²) in [5.41, 5.74) is 0. The van der Waals surface area contributed by atoms with E-state index in [0.29, 0.717) is 11.9 Å². The van der Waals surface area contributed by atoms with Gasteiger partial charge in [0.05, 0.1) is 14.2 Å². The molecule has 0 bridgehead atoms. The van der Waals surface area contributed by atoms with Crippen molar-refractivity contribution in [3.63, 3.8) is 0 Å². The van der Waals surface area contributed by atoms with E-state index in [4.69, 9.17) is 9.47 Å². The van der Waals surface area contributed by atoms with Crippen LogP contribution in [0.15, 0.2) is 6.07 Å². The van der Waals surface area contributed by atoms with Crippen molar-refractivity contribution in [2.45, 2.75) is 19.6 Å². The number of hydrogen-bond acceptors (Lipinski definition) is 4. The maximum absolute atomic E-state index is 5.08. The summed E-state index contributed by atoms with van der Waals surface area (Å²) in [4.78, 5) is 8.37. The maximum Gasteiger partial charge on any atom is 0.319 e. The summed E-state index contributed by atoms with van der Waals surface area (Å²) in [6, 6.07) is 2.26. The molecule has 0 aliphatic carbocycles. The summed E-state index contributed by atoms with van der Waals surface area (Å²) in [6.07, 6.45) is 0. The molecule has 0 saturated heterocycles. The summed E-state index contributed by atoms with van der Waals surface area (Å²) in [5.74, 6) is 0.564. The molecule has 4 nitrogen and oxygen atoms in total. The van der Waals surface area contributed by atoms with Gasteiger partial charge in [0.15, 0.2) is 0 Å². The highest BCUT2D eigenvalue weighted by Crippen LogP contribution is 2.11. The van der Waals surface area contributed by atoms with Crippen molar-refractivity contribution in [1.82, 2.24) is 9.97 Å². The van der Waals surface area contributed by atoms with E-state index in [1.165, 1.54) is 0 Å². The molecular formula is C9H16N2O2Si. The van der Waals surface area contributed by atoms with Gasteiger partial charge in [0, 0.05) is 11.4 Å². The van der Waals surface area contributed by atoms with Crippen LogP contribution in [0.4, 0.5) is 0 Å². The van der Waals surface area contributed by atoms with Gasteiger partial charge in [-0.2, -0.15) is 4.98 Å². The zero-order chi connectivity index (χ0) is 10.8. The van der Waals surface area contributed by atoms with Crippen LogP contribution in [0.1, 0.15) is 0 Å². The summed E-state index contributed by atoms with van der Waals surface area (Å²) in [6.45, 7) is 6.65. The molecule has 0 aliphatic rings. The zero-order valence-corrected chi connectivity index (χ0v) is 10.3. The molecule has 14 heavy (non-hydrogen) atoms. The Morgan fingerprint density at radius 3 is 2.14 bits per heavy atom. The molecule has 0 amide bonds. The predicted octanol–water partition coefficient (Wildman–Crippen LogP) is 1.04. The van der Waals surface area contributed by atoms with Crippen molar-refractivity contribution in [3.8, 4) is 11.9 Å². The molecule has 0 atom stereocenters. The summed E-state index contributed by atoms with van der Waals surface area (Å²) in [7, 11) is 1.71. The Morgan fingerprint density at radius 2 is 1.71 bits per heavy atom. The summed E-state index contributed by atoms with van der Waals surface area (Å²) < 4.78 is 10.1. The lowest BCUT2D eigenvalue weighted by atomic mass is 10.6. The van der Waals surface area contributed by atoms with E-state index in [-0.39, 0.29) is 0 Å². The molecule has 0 radical (unpaired) electrons. The maximum atomic E-state index is 5.08. The molecule has 0 N–H and O–H groups in total. The molecule has 0 saturated carbocycles. The fraction of sp³-hybridized carbons (Fsp3) is 0.556. The third-order valence-corrected chi connectivity index (χ3v) is 3.64. The Labute approximate surface area is 85.3 Å². The van der Waals surface area contributed by atoms with Crippen LogP contribution in [0.5, 0.6) is 11.9 Å². The monoisotopic (exact) mass is 212 g/mol. The molecule has 1 aromatic heterocycles. The number of aromatic nitrogens is 2. The SMILES string of the molecule is COc1cc([Si](C)(C)C)nc(OC)n1. The van der Waals surface area contributed by atoms with Crippen LogP contribution < -0.4 is 14.8 Å². The van der Waals surface area contributed by atoms with Crippen LogP contribution in [0.2, 0.25) is 19.6 Å². The number of methoxy groups -OCH3 is 2. The summed E-state index contributed by atoms with van der Waals surface area (Å²) in [5, 5.41) is 1.04. The first-order valence-electron chi connectivity index (χ1n) is 4.45. The van der Waals surface area contributed by atoms with E-state index in [9.17, 15) is 0 Å². The van der Waals surface area contributed by atoms with Crippen LogP contribution in [0.3, 0.4) is 0 Å². The van der Waals surface area contributed by atoms with Crippen LogP contribution in [-0.4, -0.2) is 32.3 Å². The van der Waals surface area contributed by atoms with E-state index in [0.717, 1.165) is 5.32 Å². The Hall–Kier alpha value is -1.10. The minimum Gasteiger partial charge on any atom is -0.481 e. The smallest absolute Gasteiger partial charge is 0.319 e. The van der Waals surface area contributed by atoms with Gasteiger partial charge in [-0.15, -0.1) is 0 Å². The number of hydrogen-bond donors (Lipinski definition) is 0. The van der Waals surface area contributed by atoms with Gasteiger partial charge in [0.1, 0.15) is 8.07 Å². The fourth-order valence-electron chi connectivity index (χ4n) is 0.984. The quantitative estimate of drug-likeness (QED) is 0.702. The second-order valence-corrected chi connectivity index (χ2v) is 9.04. The standard InChI is InChI=1S/C9H16N2O2Si/c1-12-7-6-8(14(3,4)5)11-9(10-7)13-2/h6H,1-5H3.